The molecule has 1 fully saturated rings. The number of esters is 2. The third-order valence-corrected chi connectivity index (χ3v) is 6.22. The van der Waals surface area contributed by atoms with Crippen molar-refractivity contribution in [2.75, 3.05) is 7.11 Å². The SMILES string of the molecule is CO[C@H]1O[C@H](C)[C@H](OC(C)=O)C(=NNS(=O)(=O)c2ccc(C)cc2)[C@H]1OC(=O)c1ccccc1. The molecule has 0 amide bonds. The molecule has 2 aromatic rings. The van der Waals surface area contributed by atoms with Crippen molar-refractivity contribution in [2.24, 2.45) is 5.10 Å². The molecule has 0 aromatic heterocycles. The number of carbonyl (C=O) groups is 2. The number of sulfonamides is 1. The molecular weight excluding hydrogens is 464 g/mol. The van der Waals surface area contributed by atoms with Crippen molar-refractivity contribution in [3.63, 3.8) is 0 Å². The van der Waals surface area contributed by atoms with Crippen molar-refractivity contribution in [3.8, 4) is 0 Å². The maximum Gasteiger partial charge on any atom is 0.338 e. The summed E-state index contributed by atoms with van der Waals surface area (Å²) in [6.45, 7) is 4.61. The molecule has 1 aliphatic heterocycles. The number of hydrogen-bond donors (Lipinski definition) is 1. The monoisotopic (exact) mass is 490 g/mol. The smallest absolute Gasteiger partial charge is 0.338 e. The highest BCUT2D eigenvalue weighted by Crippen LogP contribution is 2.25. The molecule has 0 unspecified atom stereocenters. The fourth-order valence-electron chi connectivity index (χ4n) is 3.29. The Balaban J connectivity index is 1.99. The third-order valence-electron chi connectivity index (χ3n) is 5.00. The van der Waals surface area contributed by atoms with Gasteiger partial charge in [0.25, 0.3) is 10.0 Å². The molecule has 34 heavy (non-hydrogen) atoms. The number of carbonyl (C=O) groups excluding carboxylic acids is 2. The van der Waals surface area contributed by atoms with Gasteiger partial charge in [-0.2, -0.15) is 18.4 Å². The first kappa shape index (κ1) is 25.3. The minimum Gasteiger partial charge on any atom is -0.453 e. The van der Waals surface area contributed by atoms with E-state index in [2.05, 4.69) is 9.93 Å². The molecule has 0 spiro atoms. The summed E-state index contributed by atoms with van der Waals surface area (Å²) in [6.07, 6.45) is -4.35. The van der Waals surface area contributed by atoms with Gasteiger partial charge in [0.2, 0.25) is 6.29 Å². The Kier molecular flexibility index (Phi) is 8.02. The van der Waals surface area contributed by atoms with Crippen LogP contribution >= 0.6 is 0 Å². The Morgan fingerprint density at radius 2 is 1.65 bits per heavy atom. The van der Waals surface area contributed by atoms with E-state index < -0.39 is 46.6 Å². The lowest BCUT2D eigenvalue weighted by Gasteiger charge is -2.39. The summed E-state index contributed by atoms with van der Waals surface area (Å²) in [5.74, 6) is -1.37. The number of methoxy groups -OCH3 is 1. The van der Waals surface area contributed by atoms with Gasteiger partial charge in [-0.15, -0.1) is 0 Å². The summed E-state index contributed by atoms with van der Waals surface area (Å²) in [4.78, 5) is 26.6. The summed E-state index contributed by atoms with van der Waals surface area (Å²) in [5.41, 5.74) is 1.05. The molecule has 0 bridgehead atoms. The molecule has 4 atom stereocenters. The van der Waals surface area contributed by atoms with Crippen LogP contribution in [0.25, 0.3) is 0 Å². The van der Waals surface area contributed by atoms with Crippen LogP contribution in [0, 0.1) is 6.92 Å². The zero-order valence-corrected chi connectivity index (χ0v) is 19.9. The molecular formula is C23H26N2O8S. The maximum absolute atomic E-state index is 12.8. The van der Waals surface area contributed by atoms with Crippen molar-refractivity contribution in [2.45, 2.75) is 50.3 Å². The highest BCUT2D eigenvalue weighted by atomic mass is 32.2. The van der Waals surface area contributed by atoms with Crippen LogP contribution in [-0.2, 0) is 33.8 Å². The van der Waals surface area contributed by atoms with E-state index in [1.54, 1.807) is 49.4 Å². The van der Waals surface area contributed by atoms with E-state index in [9.17, 15) is 18.0 Å². The van der Waals surface area contributed by atoms with E-state index >= 15 is 0 Å². The quantitative estimate of drug-likeness (QED) is 0.462. The summed E-state index contributed by atoms with van der Waals surface area (Å²) < 4.78 is 47.6. The highest BCUT2D eigenvalue weighted by Gasteiger charge is 2.46. The summed E-state index contributed by atoms with van der Waals surface area (Å²) in [7, 11) is -2.74. The van der Waals surface area contributed by atoms with E-state index in [0.717, 1.165) is 5.56 Å². The number of rotatable bonds is 7. The predicted octanol–water partition coefficient (Wildman–Crippen LogP) is 2.18. The van der Waals surface area contributed by atoms with Crippen LogP contribution in [0.2, 0.25) is 0 Å². The van der Waals surface area contributed by atoms with Gasteiger partial charge in [0.15, 0.2) is 12.2 Å². The second-order valence-corrected chi connectivity index (χ2v) is 9.27. The molecule has 1 aliphatic rings. The number of benzene rings is 2. The van der Waals surface area contributed by atoms with Crippen molar-refractivity contribution in [1.82, 2.24) is 4.83 Å². The average molecular weight is 491 g/mol. The molecule has 0 aliphatic carbocycles. The van der Waals surface area contributed by atoms with Crippen molar-refractivity contribution >= 4 is 27.7 Å². The standard InChI is InChI=1S/C23H26N2O8S/c1-14-10-12-18(13-11-14)34(28,29)25-24-19-20(32-16(3)26)15(2)31-23(30-4)21(19)33-22(27)17-8-6-5-7-9-17/h5-13,15,20-21,23,25H,1-4H3/t15-,20+,21-,23+/m1/s1. The first-order valence-electron chi connectivity index (χ1n) is 10.4. The van der Waals surface area contributed by atoms with Crippen molar-refractivity contribution < 1.29 is 37.0 Å². The van der Waals surface area contributed by atoms with Crippen LogP contribution in [0.5, 0.6) is 0 Å². The van der Waals surface area contributed by atoms with Crippen LogP contribution < -0.4 is 4.83 Å². The molecule has 0 radical (unpaired) electrons. The van der Waals surface area contributed by atoms with Gasteiger partial charge >= 0.3 is 11.9 Å². The first-order chi connectivity index (χ1) is 16.1. The lowest BCUT2D eigenvalue weighted by Crippen LogP contribution is -2.57. The Morgan fingerprint density at radius 1 is 1.00 bits per heavy atom. The molecule has 1 heterocycles. The van der Waals surface area contributed by atoms with Crippen LogP contribution in [-0.4, -0.2) is 57.8 Å². The molecule has 0 saturated carbocycles. The molecule has 182 valence electrons. The average Bonchev–Trinajstić information content (AvgIpc) is 2.81. The van der Waals surface area contributed by atoms with Crippen molar-refractivity contribution in [1.29, 1.82) is 0 Å². The number of ether oxygens (including phenoxy) is 4. The van der Waals surface area contributed by atoms with Crippen LogP contribution in [0.3, 0.4) is 0 Å². The number of aryl methyl sites for hydroxylation is 1. The van der Waals surface area contributed by atoms with Crippen LogP contribution in [0.4, 0.5) is 0 Å². The van der Waals surface area contributed by atoms with Crippen LogP contribution in [0.1, 0.15) is 29.8 Å². The van der Waals surface area contributed by atoms with Gasteiger partial charge < -0.3 is 18.9 Å². The summed E-state index contributed by atoms with van der Waals surface area (Å²) >= 11 is 0. The summed E-state index contributed by atoms with van der Waals surface area (Å²) in [5, 5.41) is 4.03. The topological polar surface area (TPSA) is 130 Å². The fourth-order valence-corrected chi connectivity index (χ4v) is 4.12. The molecule has 3 rings (SSSR count). The number of nitrogens with zero attached hydrogens (tertiary/aromatic N) is 1. The Labute approximate surface area is 197 Å². The third kappa shape index (κ3) is 5.99. The normalized spacial score (nSPS) is 23.8. The molecule has 1 saturated heterocycles. The fraction of sp³-hybridized carbons (Fsp3) is 0.348. The van der Waals surface area contributed by atoms with Gasteiger partial charge in [0.05, 0.1) is 10.5 Å². The highest BCUT2D eigenvalue weighted by molar-refractivity contribution is 7.89. The Hall–Kier alpha value is -3.28. The van der Waals surface area contributed by atoms with E-state index in [1.807, 2.05) is 6.92 Å². The predicted molar refractivity (Wildman–Crippen MR) is 121 cm³/mol. The first-order valence-corrected chi connectivity index (χ1v) is 11.9. The van der Waals surface area contributed by atoms with Crippen molar-refractivity contribution in [3.05, 3.63) is 65.7 Å². The van der Waals surface area contributed by atoms with Gasteiger partial charge in [-0.05, 0) is 38.1 Å². The maximum atomic E-state index is 12.8. The number of nitrogens with one attached hydrogen (secondary N) is 1. The number of hydrogen-bond acceptors (Lipinski definition) is 9. The van der Waals surface area contributed by atoms with E-state index in [-0.39, 0.29) is 16.2 Å². The van der Waals surface area contributed by atoms with E-state index in [4.69, 9.17) is 18.9 Å². The lowest BCUT2D eigenvalue weighted by atomic mass is 10.00. The Bertz CT molecular complexity index is 1150. The number of hydrazone groups is 1. The zero-order valence-electron chi connectivity index (χ0n) is 19.1. The van der Waals surface area contributed by atoms with Gasteiger partial charge in [0, 0.05) is 14.0 Å². The molecule has 10 nitrogen and oxygen atoms in total. The van der Waals surface area contributed by atoms with Gasteiger partial charge in [-0.25, -0.2) is 4.79 Å². The Morgan fingerprint density at radius 3 is 2.24 bits per heavy atom. The molecule has 11 heteroatoms. The molecule has 2 aromatic carbocycles. The second kappa shape index (κ2) is 10.8. The van der Waals surface area contributed by atoms with E-state index in [0.29, 0.717) is 0 Å². The minimum atomic E-state index is -4.07. The second-order valence-electron chi connectivity index (χ2n) is 7.61. The lowest BCUT2D eigenvalue weighted by molar-refractivity contribution is -0.218. The van der Waals surface area contributed by atoms with Gasteiger partial charge in [0.1, 0.15) is 11.8 Å². The minimum absolute atomic E-state index is 0.0206. The van der Waals surface area contributed by atoms with Crippen LogP contribution in [0.15, 0.2) is 64.6 Å². The van der Waals surface area contributed by atoms with E-state index in [1.165, 1.54) is 26.2 Å². The van der Waals surface area contributed by atoms with Gasteiger partial charge in [-0.3, -0.25) is 4.79 Å². The summed E-state index contributed by atoms with van der Waals surface area (Å²) in [6, 6.07) is 14.3. The zero-order chi connectivity index (χ0) is 24.9. The van der Waals surface area contributed by atoms with Gasteiger partial charge in [-0.1, -0.05) is 35.9 Å². The molecule has 1 N–H and O–H groups in total. The largest absolute Gasteiger partial charge is 0.453 e.